The number of hydrogen-bond acceptors (Lipinski definition) is 2. The van der Waals surface area contributed by atoms with Gasteiger partial charge in [-0.3, -0.25) is 5.84 Å². The van der Waals surface area contributed by atoms with Gasteiger partial charge in [-0.25, -0.2) is 9.82 Å². The van der Waals surface area contributed by atoms with Crippen molar-refractivity contribution in [2.24, 2.45) is 5.84 Å². The van der Waals surface area contributed by atoms with Crippen molar-refractivity contribution in [2.75, 3.05) is 0 Å². The van der Waals surface area contributed by atoms with Crippen LogP contribution >= 0.6 is 15.9 Å². The van der Waals surface area contributed by atoms with Crippen molar-refractivity contribution in [3.63, 3.8) is 0 Å². The SMILES string of the molecule is NNC(c1ccc(C2CCC2)cc1)c1ccc(F)cc1Br. The molecule has 0 aromatic heterocycles. The molecule has 110 valence electrons. The minimum atomic E-state index is -0.262. The summed E-state index contributed by atoms with van der Waals surface area (Å²) < 4.78 is 13.9. The standard InChI is InChI=1S/C17H18BrFN2/c18-16-10-14(19)8-9-15(16)17(21-20)13-6-4-12(5-7-13)11-2-1-3-11/h4-11,17,21H,1-3,20H2. The van der Waals surface area contributed by atoms with E-state index in [0.717, 1.165) is 17.0 Å². The van der Waals surface area contributed by atoms with Crippen LogP contribution in [0.15, 0.2) is 46.9 Å². The van der Waals surface area contributed by atoms with Crippen LogP contribution < -0.4 is 11.3 Å². The second-order valence-corrected chi connectivity index (χ2v) is 6.41. The summed E-state index contributed by atoms with van der Waals surface area (Å²) in [6.07, 6.45) is 3.92. The predicted molar refractivity (Wildman–Crippen MR) is 86.3 cm³/mol. The van der Waals surface area contributed by atoms with E-state index in [4.69, 9.17) is 5.84 Å². The molecule has 3 N–H and O–H groups in total. The fourth-order valence-electron chi connectivity index (χ4n) is 2.80. The van der Waals surface area contributed by atoms with Gasteiger partial charge in [0.05, 0.1) is 6.04 Å². The van der Waals surface area contributed by atoms with E-state index in [1.807, 2.05) is 0 Å². The van der Waals surface area contributed by atoms with Gasteiger partial charge in [-0.1, -0.05) is 52.7 Å². The van der Waals surface area contributed by atoms with Crippen molar-refractivity contribution in [1.82, 2.24) is 5.43 Å². The van der Waals surface area contributed by atoms with Gasteiger partial charge in [-0.2, -0.15) is 0 Å². The lowest BCUT2D eigenvalue weighted by Gasteiger charge is -2.26. The van der Waals surface area contributed by atoms with E-state index >= 15 is 0 Å². The molecule has 3 rings (SSSR count). The second-order valence-electron chi connectivity index (χ2n) is 5.56. The van der Waals surface area contributed by atoms with Gasteiger partial charge in [0, 0.05) is 4.47 Å². The van der Waals surface area contributed by atoms with Gasteiger partial charge in [0.1, 0.15) is 5.82 Å². The van der Waals surface area contributed by atoms with Crippen molar-refractivity contribution >= 4 is 15.9 Å². The third-order valence-corrected chi connectivity index (χ3v) is 4.97. The molecule has 0 heterocycles. The molecule has 0 spiro atoms. The van der Waals surface area contributed by atoms with Crippen LogP contribution in [0.1, 0.15) is 47.9 Å². The third-order valence-electron chi connectivity index (χ3n) is 4.29. The zero-order valence-corrected chi connectivity index (χ0v) is 13.2. The zero-order chi connectivity index (χ0) is 14.8. The van der Waals surface area contributed by atoms with Crippen molar-refractivity contribution in [1.29, 1.82) is 0 Å². The zero-order valence-electron chi connectivity index (χ0n) is 11.7. The fraction of sp³-hybridized carbons (Fsp3) is 0.294. The first kappa shape index (κ1) is 14.7. The number of benzene rings is 2. The monoisotopic (exact) mass is 348 g/mol. The lowest BCUT2D eigenvalue weighted by molar-refractivity contribution is 0.419. The molecule has 2 nitrogen and oxygen atoms in total. The Labute approximate surface area is 132 Å². The number of rotatable bonds is 4. The normalized spacial score (nSPS) is 16.5. The molecular formula is C17H18BrFN2. The van der Waals surface area contributed by atoms with Gasteiger partial charge >= 0.3 is 0 Å². The lowest BCUT2D eigenvalue weighted by Crippen LogP contribution is -2.29. The van der Waals surface area contributed by atoms with E-state index in [0.29, 0.717) is 4.47 Å². The van der Waals surface area contributed by atoms with E-state index in [1.54, 1.807) is 6.07 Å². The Hall–Kier alpha value is -1.23. The Morgan fingerprint density at radius 1 is 1.14 bits per heavy atom. The van der Waals surface area contributed by atoms with E-state index in [-0.39, 0.29) is 11.9 Å². The number of nitrogens with one attached hydrogen (secondary N) is 1. The third kappa shape index (κ3) is 3.03. The minimum Gasteiger partial charge on any atom is -0.271 e. The molecule has 1 fully saturated rings. The Bertz CT molecular complexity index is 623. The molecule has 0 bridgehead atoms. The number of nitrogens with two attached hydrogens (primary N) is 1. The van der Waals surface area contributed by atoms with Crippen LogP contribution in [0.4, 0.5) is 4.39 Å². The maximum absolute atomic E-state index is 13.2. The topological polar surface area (TPSA) is 38.0 Å². The molecule has 1 aliphatic carbocycles. The predicted octanol–water partition coefficient (Wildman–Crippen LogP) is 4.41. The van der Waals surface area contributed by atoms with Gasteiger partial charge < -0.3 is 0 Å². The minimum absolute atomic E-state index is 0.157. The molecule has 2 aromatic rings. The summed E-state index contributed by atoms with van der Waals surface area (Å²) in [6.45, 7) is 0. The number of hydrogen-bond donors (Lipinski definition) is 2. The van der Waals surface area contributed by atoms with Gasteiger partial charge in [0.15, 0.2) is 0 Å². The molecule has 1 atom stereocenters. The largest absolute Gasteiger partial charge is 0.271 e. The summed E-state index contributed by atoms with van der Waals surface area (Å²) in [5.41, 5.74) is 6.22. The summed E-state index contributed by atoms with van der Waals surface area (Å²) >= 11 is 3.41. The average Bonchev–Trinajstić information content (AvgIpc) is 2.42. The molecule has 0 amide bonds. The highest BCUT2D eigenvalue weighted by Gasteiger charge is 2.20. The van der Waals surface area contributed by atoms with Crippen LogP contribution in [-0.4, -0.2) is 0 Å². The highest BCUT2D eigenvalue weighted by molar-refractivity contribution is 9.10. The molecule has 1 unspecified atom stereocenters. The first-order valence-corrected chi connectivity index (χ1v) is 7.99. The van der Waals surface area contributed by atoms with Crippen molar-refractivity contribution < 1.29 is 4.39 Å². The van der Waals surface area contributed by atoms with Crippen LogP contribution in [0.3, 0.4) is 0 Å². The summed E-state index contributed by atoms with van der Waals surface area (Å²) in [5.74, 6) is 6.18. The Kier molecular flexibility index (Phi) is 4.38. The van der Waals surface area contributed by atoms with Crippen molar-refractivity contribution in [2.45, 2.75) is 31.2 Å². The van der Waals surface area contributed by atoms with Crippen LogP contribution in [0.2, 0.25) is 0 Å². The average molecular weight is 349 g/mol. The van der Waals surface area contributed by atoms with Crippen molar-refractivity contribution in [3.8, 4) is 0 Å². The van der Waals surface area contributed by atoms with E-state index < -0.39 is 0 Å². The van der Waals surface area contributed by atoms with Gasteiger partial charge in [0.2, 0.25) is 0 Å². The number of halogens is 2. The summed E-state index contributed by atoms with van der Waals surface area (Å²) in [7, 11) is 0. The highest BCUT2D eigenvalue weighted by atomic mass is 79.9. The van der Waals surface area contributed by atoms with E-state index in [9.17, 15) is 4.39 Å². The molecule has 1 aliphatic rings. The Morgan fingerprint density at radius 2 is 1.86 bits per heavy atom. The molecule has 0 aliphatic heterocycles. The summed E-state index contributed by atoms with van der Waals surface area (Å²) in [6, 6.07) is 13.1. The highest BCUT2D eigenvalue weighted by Crippen LogP contribution is 2.37. The maximum Gasteiger partial charge on any atom is 0.124 e. The Balaban J connectivity index is 1.88. The molecule has 0 saturated heterocycles. The van der Waals surface area contributed by atoms with E-state index in [1.165, 1.54) is 37.0 Å². The smallest absolute Gasteiger partial charge is 0.124 e. The maximum atomic E-state index is 13.2. The van der Waals surface area contributed by atoms with Crippen LogP contribution in [0.5, 0.6) is 0 Å². The van der Waals surface area contributed by atoms with Crippen molar-refractivity contribution in [3.05, 3.63) is 69.4 Å². The summed E-state index contributed by atoms with van der Waals surface area (Å²) in [4.78, 5) is 0. The second kappa shape index (κ2) is 6.26. The first-order chi connectivity index (χ1) is 10.2. The van der Waals surface area contributed by atoms with Gasteiger partial charge in [0.25, 0.3) is 0 Å². The first-order valence-electron chi connectivity index (χ1n) is 7.20. The van der Waals surface area contributed by atoms with Crippen LogP contribution in [-0.2, 0) is 0 Å². The van der Waals surface area contributed by atoms with Gasteiger partial charge in [-0.05, 0) is 47.6 Å². The lowest BCUT2D eigenvalue weighted by atomic mass is 9.79. The molecule has 1 saturated carbocycles. The van der Waals surface area contributed by atoms with Crippen LogP contribution in [0.25, 0.3) is 0 Å². The Morgan fingerprint density at radius 3 is 2.38 bits per heavy atom. The fourth-order valence-corrected chi connectivity index (χ4v) is 3.38. The summed E-state index contributed by atoms with van der Waals surface area (Å²) in [5, 5.41) is 0. The number of hydrazine groups is 1. The molecular weight excluding hydrogens is 331 g/mol. The van der Waals surface area contributed by atoms with Gasteiger partial charge in [-0.15, -0.1) is 0 Å². The van der Waals surface area contributed by atoms with Crippen LogP contribution in [0, 0.1) is 5.82 Å². The molecule has 21 heavy (non-hydrogen) atoms. The molecule has 2 aromatic carbocycles. The molecule has 0 radical (unpaired) electrons. The molecule has 4 heteroatoms. The van der Waals surface area contributed by atoms with E-state index in [2.05, 4.69) is 45.6 Å². The quantitative estimate of drug-likeness (QED) is 0.634.